The Morgan fingerprint density at radius 2 is 2.24 bits per heavy atom. The summed E-state index contributed by atoms with van der Waals surface area (Å²) in [6.07, 6.45) is 1.33. The maximum absolute atomic E-state index is 10.9. The summed E-state index contributed by atoms with van der Waals surface area (Å²) in [6.45, 7) is 0.930. The highest BCUT2D eigenvalue weighted by Gasteiger charge is 2.29. The molecule has 0 aliphatic carbocycles. The molecule has 2 N–H and O–H groups in total. The van der Waals surface area contributed by atoms with Crippen molar-refractivity contribution in [1.29, 1.82) is 0 Å². The van der Waals surface area contributed by atoms with Gasteiger partial charge in [-0.3, -0.25) is 4.90 Å². The summed E-state index contributed by atoms with van der Waals surface area (Å²) >= 11 is 0. The topological polar surface area (TPSA) is 60.8 Å². The van der Waals surface area contributed by atoms with Crippen molar-refractivity contribution in [3.63, 3.8) is 0 Å². The number of benzene rings is 1. The van der Waals surface area contributed by atoms with E-state index >= 15 is 0 Å². The molecule has 92 valence electrons. The lowest BCUT2D eigenvalue weighted by atomic mass is 9.92. The van der Waals surface area contributed by atoms with E-state index < -0.39 is 12.1 Å². The molecule has 0 saturated carbocycles. The van der Waals surface area contributed by atoms with Crippen LogP contribution in [-0.2, 0) is 0 Å². The zero-order valence-corrected chi connectivity index (χ0v) is 9.84. The van der Waals surface area contributed by atoms with Gasteiger partial charge in [-0.2, -0.15) is 0 Å². The molecule has 0 spiro atoms. The lowest BCUT2D eigenvalue weighted by Gasteiger charge is -2.36. The van der Waals surface area contributed by atoms with Crippen LogP contribution >= 0.6 is 0 Å². The predicted octanol–water partition coefficient (Wildman–Crippen LogP) is 1.51. The fourth-order valence-electron chi connectivity index (χ4n) is 2.47. The number of nitrogens with zero attached hydrogens (tertiary/aromatic N) is 1. The van der Waals surface area contributed by atoms with Crippen molar-refractivity contribution in [3.05, 3.63) is 35.4 Å². The van der Waals surface area contributed by atoms with Crippen molar-refractivity contribution in [2.45, 2.75) is 25.0 Å². The van der Waals surface area contributed by atoms with Crippen LogP contribution in [0.2, 0.25) is 0 Å². The Hall–Kier alpha value is -1.39. The molecule has 17 heavy (non-hydrogen) atoms. The minimum Gasteiger partial charge on any atom is -0.478 e. The van der Waals surface area contributed by atoms with Gasteiger partial charge in [0.05, 0.1) is 17.7 Å². The van der Waals surface area contributed by atoms with Crippen molar-refractivity contribution < 1.29 is 15.0 Å². The quantitative estimate of drug-likeness (QED) is 0.815. The number of likely N-dealkylation sites (tertiary alicyclic amines) is 1. The van der Waals surface area contributed by atoms with Crippen LogP contribution in [0.15, 0.2) is 24.3 Å². The maximum Gasteiger partial charge on any atom is 0.335 e. The number of piperidine rings is 1. The standard InChI is InChI=1S/C13H17NO3/c1-14-7-3-6-11(15)12(14)9-4-2-5-10(8-9)13(16)17/h2,4-5,8,11-12,15H,3,6-7H2,1H3,(H,16,17). The van der Waals surface area contributed by atoms with Crippen LogP contribution in [0.25, 0.3) is 0 Å². The zero-order valence-electron chi connectivity index (χ0n) is 9.84. The van der Waals surface area contributed by atoms with Crippen LogP contribution in [0.1, 0.15) is 34.8 Å². The Balaban J connectivity index is 2.31. The van der Waals surface area contributed by atoms with Crippen molar-refractivity contribution in [2.75, 3.05) is 13.6 Å². The van der Waals surface area contributed by atoms with E-state index in [-0.39, 0.29) is 11.6 Å². The Bertz CT molecular complexity index is 409. The minimum atomic E-state index is -0.931. The van der Waals surface area contributed by atoms with Crippen molar-refractivity contribution in [2.24, 2.45) is 0 Å². The SMILES string of the molecule is CN1CCCC(O)C1c1cccc(C(=O)O)c1. The average molecular weight is 235 g/mol. The third-order valence-corrected chi connectivity index (χ3v) is 3.33. The Kier molecular flexibility index (Phi) is 3.45. The van der Waals surface area contributed by atoms with Crippen LogP contribution < -0.4 is 0 Å². The second-order valence-electron chi connectivity index (χ2n) is 4.57. The molecule has 0 radical (unpaired) electrons. The number of likely N-dealkylation sites (N-methyl/N-ethyl adjacent to an activating group) is 1. The van der Waals surface area contributed by atoms with E-state index in [1.807, 2.05) is 13.1 Å². The molecule has 2 rings (SSSR count). The smallest absolute Gasteiger partial charge is 0.335 e. The second kappa shape index (κ2) is 4.85. The molecule has 1 fully saturated rings. The first-order valence-corrected chi connectivity index (χ1v) is 5.81. The van der Waals surface area contributed by atoms with E-state index in [0.29, 0.717) is 0 Å². The number of aliphatic hydroxyl groups excluding tert-OH is 1. The lowest BCUT2D eigenvalue weighted by molar-refractivity contribution is 0.0240. The largest absolute Gasteiger partial charge is 0.478 e. The van der Waals surface area contributed by atoms with Crippen LogP contribution in [0.3, 0.4) is 0 Å². The molecule has 1 aromatic carbocycles. The predicted molar refractivity (Wildman–Crippen MR) is 64.0 cm³/mol. The lowest BCUT2D eigenvalue weighted by Crippen LogP contribution is -2.39. The number of carboxylic acid groups (broad SMARTS) is 1. The van der Waals surface area contributed by atoms with E-state index in [9.17, 15) is 9.90 Å². The summed E-state index contributed by atoms with van der Waals surface area (Å²) < 4.78 is 0. The van der Waals surface area contributed by atoms with E-state index in [1.54, 1.807) is 18.2 Å². The van der Waals surface area contributed by atoms with Gasteiger partial charge < -0.3 is 10.2 Å². The first-order chi connectivity index (χ1) is 8.09. The van der Waals surface area contributed by atoms with E-state index in [0.717, 1.165) is 24.9 Å². The summed E-state index contributed by atoms with van der Waals surface area (Å²) in [5, 5.41) is 19.0. The number of aromatic carboxylic acids is 1. The van der Waals surface area contributed by atoms with Crippen molar-refractivity contribution in [1.82, 2.24) is 4.90 Å². The van der Waals surface area contributed by atoms with Gasteiger partial charge in [-0.15, -0.1) is 0 Å². The first kappa shape index (κ1) is 12.1. The van der Waals surface area contributed by atoms with Gasteiger partial charge in [-0.05, 0) is 44.1 Å². The van der Waals surface area contributed by atoms with Crippen LogP contribution in [0.4, 0.5) is 0 Å². The number of carboxylic acids is 1. The highest BCUT2D eigenvalue weighted by atomic mass is 16.4. The van der Waals surface area contributed by atoms with Gasteiger partial charge in [-0.1, -0.05) is 12.1 Å². The monoisotopic (exact) mass is 235 g/mol. The second-order valence-corrected chi connectivity index (χ2v) is 4.57. The third kappa shape index (κ3) is 2.48. The van der Waals surface area contributed by atoms with Gasteiger partial charge in [-0.25, -0.2) is 4.79 Å². The average Bonchev–Trinajstić information content (AvgIpc) is 2.29. The fraction of sp³-hybridized carbons (Fsp3) is 0.462. The molecular weight excluding hydrogens is 218 g/mol. The molecule has 1 saturated heterocycles. The summed E-state index contributed by atoms with van der Waals surface area (Å²) in [7, 11) is 1.96. The number of carbonyl (C=O) groups is 1. The molecule has 2 atom stereocenters. The number of hydrogen-bond donors (Lipinski definition) is 2. The molecule has 0 bridgehead atoms. The maximum atomic E-state index is 10.9. The van der Waals surface area contributed by atoms with Crippen molar-refractivity contribution in [3.8, 4) is 0 Å². The third-order valence-electron chi connectivity index (χ3n) is 3.33. The molecule has 0 aromatic heterocycles. The number of rotatable bonds is 2. The van der Waals surface area contributed by atoms with Gasteiger partial charge >= 0.3 is 5.97 Å². The molecule has 1 aliphatic rings. The van der Waals surface area contributed by atoms with Crippen LogP contribution in [0, 0.1) is 0 Å². The number of hydrogen-bond acceptors (Lipinski definition) is 3. The highest BCUT2D eigenvalue weighted by molar-refractivity contribution is 5.87. The fourth-order valence-corrected chi connectivity index (χ4v) is 2.47. The molecule has 1 heterocycles. The van der Waals surface area contributed by atoms with E-state index in [4.69, 9.17) is 5.11 Å². The molecule has 4 nitrogen and oxygen atoms in total. The highest BCUT2D eigenvalue weighted by Crippen LogP contribution is 2.30. The van der Waals surface area contributed by atoms with Gasteiger partial charge in [0.2, 0.25) is 0 Å². The van der Waals surface area contributed by atoms with Gasteiger partial charge in [0, 0.05) is 0 Å². The Morgan fingerprint density at radius 3 is 2.88 bits per heavy atom. The summed E-state index contributed by atoms with van der Waals surface area (Å²) in [6, 6.07) is 6.73. The van der Waals surface area contributed by atoms with E-state index in [1.165, 1.54) is 0 Å². The molecule has 1 aliphatic heterocycles. The summed E-state index contributed by atoms with van der Waals surface area (Å²) in [5.74, 6) is -0.931. The van der Waals surface area contributed by atoms with Gasteiger partial charge in [0.1, 0.15) is 0 Å². The van der Waals surface area contributed by atoms with Gasteiger partial charge in [0.25, 0.3) is 0 Å². The Morgan fingerprint density at radius 1 is 1.47 bits per heavy atom. The normalized spacial score (nSPS) is 25.8. The molecular formula is C13H17NO3. The minimum absolute atomic E-state index is 0.0944. The zero-order chi connectivity index (χ0) is 12.4. The first-order valence-electron chi connectivity index (χ1n) is 5.81. The molecule has 2 unspecified atom stereocenters. The molecule has 4 heteroatoms. The summed E-state index contributed by atoms with van der Waals surface area (Å²) in [4.78, 5) is 13.0. The molecule has 0 amide bonds. The number of aliphatic hydroxyl groups is 1. The van der Waals surface area contributed by atoms with Crippen LogP contribution in [0.5, 0.6) is 0 Å². The molecule has 1 aromatic rings. The Labute approximate surface area is 100 Å². The van der Waals surface area contributed by atoms with Crippen LogP contribution in [-0.4, -0.2) is 40.8 Å². The van der Waals surface area contributed by atoms with Crippen molar-refractivity contribution >= 4 is 5.97 Å². The van der Waals surface area contributed by atoms with E-state index in [2.05, 4.69) is 4.90 Å². The van der Waals surface area contributed by atoms with Gasteiger partial charge in [0.15, 0.2) is 0 Å². The summed E-state index contributed by atoms with van der Waals surface area (Å²) in [5.41, 5.74) is 1.15.